The first-order valence-electron chi connectivity index (χ1n) is 7.05. The summed E-state index contributed by atoms with van der Waals surface area (Å²) in [6, 6.07) is 4.94. The van der Waals surface area contributed by atoms with Gasteiger partial charge in [0.15, 0.2) is 0 Å². The highest BCUT2D eigenvalue weighted by Gasteiger charge is 2.43. The molecule has 3 unspecified atom stereocenters. The van der Waals surface area contributed by atoms with Gasteiger partial charge in [0.2, 0.25) is 0 Å². The fourth-order valence-corrected chi connectivity index (χ4v) is 4.32. The monoisotopic (exact) mass is 266 g/mol. The van der Waals surface area contributed by atoms with Gasteiger partial charge in [-0.1, -0.05) is 19.4 Å². The highest BCUT2D eigenvalue weighted by atomic mass is 32.1. The van der Waals surface area contributed by atoms with Crippen molar-refractivity contribution in [3.63, 3.8) is 0 Å². The van der Waals surface area contributed by atoms with Crippen LogP contribution in [0.4, 0.5) is 0 Å². The summed E-state index contributed by atoms with van der Waals surface area (Å²) in [5, 5.41) is 2.17. The SMILES string of the molecule is CC(Cc1cccs1)N(C)C1(CN)CCCC1C. The van der Waals surface area contributed by atoms with Crippen LogP contribution in [0.5, 0.6) is 0 Å². The maximum atomic E-state index is 6.13. The predicted molar refractivity (Wildman–Crippen MR) is 80.0 cm³/mol. The van der Waals surface area contributed by atoms with Crippen LogP contribution in [0.1, 0.15) is 38.0 Å². The van der Waals surface area contributed by atoms with Crippen LogP contribution in [-0.4, -0.2) is 30.1 Å². The summed E-state index contributed by atoms with van der Waals surface area (Å²) in [4.78, 5) is 4.04. The Hall–Kier alpha value is -0.380. The smallest absolute Gasteiger partial charge is 0.0357 e. The zero-order valence-electron chi connectivity index (χ0n) is 11.9. The number of likely N-dealkylation sites (N-methyl/N-ethyl adjacent to an activating group) is 1. The molecule has 1 aliphatic rings. The molecule has 1 aromatic rings. The van der Waals surface area contributed by atoms with Crippen LogP contribution < -0.4 is 5.73 Å². The van der Waals surface area contributed by atoms with Crippen molar-refractivity contribution in [1.82, 2.24) is 4.90 Å². The van der Waals surface area contributed by atoms with Crippen molar-refractivity contribution < 1.29 is 0 Å². The van der Waals surface area contributed by atoms with E-state index in [0.29, 0.717) is 6.04 Å². The molecule has 1 heterocycles. The molecule has 0 saturated heterocycles. The lowest BCUT2D eigenvalue weighted by Crippen LogP contribution is -2.57. The van der Waals surface area contributed by atoms with Gasteiger partial charge in [0, 0.05) is 23.0 Å². The fraction of sp³-hybridized carbons (Fsp3) is 0.733. The lowest BCUT2D eigenvalue weighted by atomic mass is 9.85. The zero-order chi connectivity index (χ0) is 13.2. The van der Waals surface area contributed by atoms with Gasteiger partial charge >= 0.3 is 0 Å². The Morgan fingerprint density at radius 3 is 2.89 bits per heavy atom. The number of thiophene rings is 1. The van der Waals surface area contributed by atoms with Crippen LogP contribution in [0.3, 0.4) is 0 Å². The summed E-state index contributed by atoms with van der Waals surface area (Å²) in [5.41, 5.74) is 6.37. The first-order valence-corrected chi connectivity index (χ1v) is 7.93. The Morgan fingerprint density at radius 2 is 2.39 bits per heavy atom. The average Bonchev–Trinajstić information content (AvgIpc) is 2.98. The highest BCUT2D eigenvalue weighted by molar-refractivity contribution is 7.09. The van der Waals surface area contributed by atoms with Gasteiger partial charge in [0.25, 0.3) is 0 Å². The van der Waals surface area contributed by atoms with Gasteiger partial charge in [-0.15, -0.1) is 11.3 Å². The van der Waals surface area contributed by atoms with E-state index < -0.39 is 0 Å². The Labute approximate surface area is 115 Å². The van der Waals surface area contributed by atoms with Crippen molar-refractivity contribution in [2.75, 3.05) is 13.6 Å². The zero-order valence-corrected chi connectivity index (χ0v) is 12.7. The van der Waals surface area contributed by atoms with Crippen LogP contribution in [0.2, 0.25) is 0 Å². The van der Waals surface area contributed by atoms with E-state index in [2.05, 4.69) is 43.3 Å². The lowest BCUT2D eigenvalue weighted by molar-refractivity contribution is 0.0562. The number of hydrogen-bond donors (Lipinski definition) is 1. The number of rotatable bonds is 5. The molecule has 18 heavy (non-hydrogen) atoms. The second-order valence-electron chi connectivity index (χ2n) is 5.84. The van der Waals surface area contributed by atoms with Gasteiger partial charge in [0.1, 0.15) is 0 Å². The second-order valence-corrected chi connectivity index (χ2v) is 6.88. The summed E-state index contributed by atoms with van der Waals surface area (Å²) in [6.07, 6.45) is 5.06. The van der Waals surface area contributed by atoms with E-state index in [1.165, 1.54) is 24.1 Å². The molecule has 2 N–H and O–H groups in total. The summed E-state index contributed by atoms with van der Waals surface area (Å²) in [6.45, 7) is 5.50. The highest BCUT2D eigenvalue weighted by Crippen LogP contribution is 2.40. The molecule has 0 aromatic carbocycles. The van der Waals surface area contributed by atoms with Crippen molar-refractivity contribution >= 4 is 11.3 Å². The van der Waals surface area contributed by atoms with Crippen LogP contribution >= 0.6 is 11.3 Å². The summed E-state index contributed by atoms with van der Waals surface area (Å²) in [7, 11) is 2.27. The van der Waals surface area contributed by atoms with Gasteiger partial charge in [-0.3, -0.25) is 4.90 Å². The Balaban J connectivity index is 2.07. The molecule has 3 heteroatoms. The first-order chi connectivity index (χ1) is 8.60. The summed E-state index contributed by atoms with van der Waals surface area (Å²) < 4.78 is 0. The Morgan fingerprint density at radius 1 is 1.61 bits per heavy atom. The van der Waals surface area contributed by atoms with E-state index in [0.717, 1.165) is 18.9 Å². The van der Waals surface area contributed by atoms with Gasteiger partial charge in [-0.2, -0.15) is 0 Å². The van der Waals surface area contributed by atoms with Crippen molar-refractivity contribution in [2.45, 2.75) is 51.1 Å². The van der Waals surface area contributed by atoms with E-state index in [4.69, 9.17) is 5.73 Å². The van der Waals surface area contributed by atoms with Gasteiger partial charge in [-0.05, 0) is 50.6 Å². The third kappa shape index (κ3) is 2.49. The van der Waals surface area contributed by atoms with E-state index >= 15 is 0 Å². The summed E-state index contributed by atoms with van der Waals surface area (Å²) in [5.74, 6) is 0.721. The topological polar surface area (TPSA) is 29.3 Å². The standard InChI is InChI=1S/C15H26N2S/c1-12-6-4-8-15(12,11-16)17(3)13(2)10-14-7-5-9-18-14/h5,7,9,12-13H,4,6,8,10-11,16H2,1-3H3. The van der Waals surface area contributed by atoms with Crippen molar-refractivity contribution in [1.29, 1.82) is 0 Å². The second kappa shape index (κ2) is 5.72. The van der Waals surface area contributed by atoms with E-state index in [-0.39, 0.29) is 5.54 Å². The summed E-state index contributed by atoms with van der Waals surface area (Å²) >= 11 is 1.86. The molecule has 3 atom stereocenters. The normalized spacial score (nSPS) is 29.9. The van der Waals surface area contributed by atoms with Crippen molar-refractivity contribution in [3.8, 4) is 0 Å². The van der Waals surface area contributed by atoms with E-state index in [1.807, 2.05) is 11.3 Å². The maximum Gasteiger partial charge on any atom is 0.0357 e. The molecule has 102 valence electrons. The van der Waals surface area contributed by atoms with Crippen LogP contribution in [0, 0.1) is 5.92 Å². The largest absolute Gasteiger partial charge is 0.329 e. The molecule has 1 aromatic heterocycles. The number of hydrogen-bond acceptors (Lipinski definition) is 3. The quantitative estimate of drug-likeness (QED) is 0.887. The van der Waals surface area contributed by atoms with Crippen LogP contribution in [0.25, 0.3) is 0 Å². The maximum absolute atomic E-state index is 6.13. The van der Waals surface area contributed by atoms with Gasteiger partial charge < -0.3 is 5.73 Å². The molecule has 0 spiro atoms. The van der Waals surface area contributed by atoms with Crippen molar-refractivity contribution in [3.05, 3.63) is 22.4 Å². The molecular weight excluding hydrogens is 240 g/mol. The third-order valence-electron chi connectivity index (χ3n) is 4.96. The van der Waals surface area contributed by atoms with E-state index in [9.17, 15) is 0 Å². The van der Waals surface area contributed by atoms with Gasteiger partial charge in [-0.25, -0.2) is 0 Å². The molecule has 0 amide bonds. The fourth-order valence-electron chi connectivity index (χ4n) is 3.50. The minimum absolute atomic E-state index is 0.233. The average molecular weight is 266 g/mol. The molecule has 1 aliphatic carbocycles. The van der Waals surface area contributed by atoms with Gasteiger partial charge in [0.05, 0.1) is 0 Å². The first kappa shape index (κ1) is 14.0. The molecule has 2 rings (SSSR count). The van der Waals surface area contributed by atoms with Crippen LogP contribution in [0.15, 0.2) is 17.5 Å². The minimum Gasteiger partial charge on any atom is -0.329 e. The molecule has 1 saturated carbocycles. The molecule has 2 nitrogen and oxygen atoms in total. The Bertz CT molecular complexity index is 363. The molecule has 0 bridgehead atoms. The molecular formula is C15H26N2S. The third-order valence-corrected chi connectivity index (χ3v) is 5.86. The van der Waals surface area contributed by atoms with Crippen LogP contribution in [-0.2, 0) is 6.42 Å². The lowest BCUT2D eigenvalue weighted by Gasteiger charge is -2.45. The minimum atomic E-state index is 0.233. The molecule has 0 radical (unpaired) electrons. The number of nitrogens with zero attached hydrogens (tertiary/aromatic N) is 1. The van der Waals surface area contributed by atoms with Crippen molar-refractivity contribution in [2.24, 2.45) is 11.7 Å². The molecule has 0 aliphatic heterocycles. The number of nitrogens with two attached hydrogens (primary N) is 1. The molecule has 1 fully saturated rings. The van der Waals surface area contributed by atoms with E-state index in [1.54, 1.807) is 0 Å². The Kier molecular flexibility index (Phi) is 4.46. The predicted octanol–water partition coefficient (Wildman–Crippen LogP) is 3.13.